The van der Waals surface area contributed by atoms with Crippen LogP contribution in [0.25, 0.3) is 0 Å². The Morgan fingerprint density at radius 1 is 1.11 bits per heavy atom. The fourth-order valence-electron chi connectivity index (χ4n) is 1.83. The normalized spacial score (nSPS) is 12.6. The van der Waals surface area contributed by atoms with Gasteiger partial charge in [-0.15, -0.1) is 0 Å². The summed E-state index contributed by atoms with van der Waals surface area (Å²) in [7, 11) is 0. The standard InChI is InChI=1S/C14H26N4/c1-6-15-13-12(5)14(17-9-16-13)18-11(4)8-7-10(2)3/h9-11H,6-8H2,1-5H3,(H2,15,16,17,18). The molecule has 0 fully saturated rings. The first kappa shape index (κ1) is 14.7. The van der Waals surface area contributed by atoms with E-state index >= 15 is 0 Å². The Labute approximate surface area is 111 Å². The smallest absolute Gasteiger partial charge is 0.134 e. The molecule has 102 valence electrons. The van der Waals surface area contributed by atoms with Crippen LogP contribution in [-0.4, -0.2) is 22.6 Å². The number of nitrogens with one attached hydrogen (secondary N) is 2. The van der Waals surface area contributed by atoms with Crippen LogP contribution in [0.4, 0.5) is 11.6 Å². The second kappa shape index (κ2) is 7.19. The molecule has 0 aliphatic rings. The third-order valence-corrected chi connectivity index (χ3v) is 2.99. The average molecular weight is 250 g/mol. The maximum Gasteiger partial charge on any atom is 0.134 e. The van der Waals surface area contributed by atoms with Crippen molar-refractivity contribution in [3.63, 3.8) is 0 Å². The van der Waals surface area contributed by atoms with Gasteiger partial charge in [-0.3, -0.25) is 0 Å². The minimum atomic E-state index is 0.440. The molecule has 1 aromatic heterocycles. The van der Waals surface area contributed by atoms with Crippen LogP contribution >= 0.6 is 0 Å². The van der Waals surface area contributed by atoms with Gasteiger partial charge >= 0.3 is 0 Å². The van der Waals surface area contributed by atoms with Gasteiger partial charge in [0, 0.05) is 18.2 Å². The van der Waals surface area contributed by atoms with Crippen molar-refractivity contribution in [2.24, 2.45) is 5.92 Å². The van der Waals surface area contributed by atoms with Crippen LogP contribution in [0.5, 0.6) is 0 Å². The van der Waals surface area contributed by atoms with Gasteiger partial charge in [0.15, 0.2) is 0 Å². The number of nitrogens with zero attached hydrogens (tertiary/aromatic N) is 2. The van der Waals surface area contributed by atoms with Gasteiger partial charge < -0.3 is 10.6 Å². The lowest BCUT2D eigenvalue weighted by atomic mass is 10.0. The average Bonchev–Trinajstić information content (AvgIpc) is 2.32. The van der Waals surface area contributed by atoms with Crippen molar-refractivity contribution in [3.8, 4) is 0 Å². The molecule has 1 heterocycles. The minimum absolute atomic E-state index is 0.440. The molecule has 4 heteroatoms. The summed E-state index contributed by atoms with van der Waals surface area (Å²) in [6, 6.07) is 0.440. The third kappa shape index (κ3) is 4.51. The zero-order valence-electron chi connectivity index (χ0n) is 12.2. The summed E-state index contributed by atoms with van der Waals surface area (Å²) in [6.07, 6.45) is 4.01. The van der Waals surface area contributed by atoms with E-state index in [4.69, 9.17) is 0 Å². The molecule has 0 bridgehead atoms. The van der Waals surface area contributed by atoms with E-state index in [-0.39, 0.29) is 0 Å². The summed E-state index contributed by atoms with van der Waals surface area (Å²) in [4.78, 5) is 8.57. The van der Waals surface area contributed by atoms with Crippen LogP contribution in [0.1, 0.15) is 46.1 Å². The van der Waals surface area contributed by atoms with E-state index in [1.54, 1.807) is 6.33 Å². The quantitative estimate of drug-likeness (QED) is 0.778. The number of hydrogen-bond donors (Lipinski definition) is 2. The van der Waals surface area contributed by atoms with Crippen LogP contribution < -0.4 is 10.6 Å². The van der Waals surface area contributed by atoms with Crippen LogP contribution in [-0.2, 0) is 0 Å². The molecule has 0 spiro atoms. The van der Waals surface area contributed by atoms with Crippen molar-refractivity contribution in [1.82, 2.24) is 9.97 Å². The Bertz CT molecular complexity index is 363. The molecule has 1 unspecified atom stereocenters. The van der Waals surface area contributed by atoms with Gasteiger partial charge in [-0.1, -0.05) is 13.8 Å². The summed E-state index contributed by atoms with van der Waals surface area (Å²) in [5, 5.41) is 6.72. The van der Waals surface area contributed by atoms with Gasteiger partial charge in [0.1, 0.15) is 18.0 Å². The largest absolute Gasteiger partial charge is 0.370 e. The van der Waals surface area contributed by atoms with E-state index in [2.05, 4.69) is 55.2 Å². The summed E-state index contributed by atoms with van der Waals surface area (Å²) >= 11 is 0. The van der Waals surface area contributed by atoms with Crippen molar-refractivity contribution < 1.29 is 0 Å². The first-order valence-electron chi connectivity index (χ1n) is 6.86. The highest BCUT2D eigenvalue weighted by atomic mass is 15.1. The molecule has 1 atom stereocenters. The Kier molecular flexibility index (Phi) is 5.89. The van der Waals surface area contributed by atoms with Crippen molar-refractivity contribution in [2.45, 2.75) is 53.5 Å². The third-order valence-electron chi connectivity index (χ3n) is 2.99. The van der Waals surface area contributed by atoms with Gasteiger partial charge in [0.25, 0.3) is 0 Å². The fraction of sp³-hybridized carbons (Fsp3) is 0.714. The van der Waals surface area contributed by atoms with Gasteiger partial charge in [-0.2, -0.15) is 0 Å². The molecule has 0 aliphatic carbocycles. The zero-order valence-corrected chi connectivity index (χ0v) is 12.2. The molecule has 1 aromatic rings. The first-order valence-corrected chi connectivity index (χ1v) is 6.86. The number of rotatable bonds is 7. The fourth-order valence-corrected chi connectivity index (χ4v) is 1.83. The summed E-state index contributed by atoms with van der Waals surface area (Å²) in [5.74, 6) is 2.61. The molecule has 18 heavy (non-hydrogen) atoms. The van der Waals surface area contributed by atoms with Crippen LogP contribution in [0.15, 0.2) is 6.33 Å². The number of hydrogen-bond acceptors (Lipinski definition) is 4. The second-order valence-electron chi connectivity index (χ2n) is 5.24. The molecule has 0 aliphatic heterocycles. The molecule has 0 radical (unpaired) electrons. The molecule has 0 amide bonds. The maximum atomic E-state index is 4.33. The lowest BCUT2D eigenvalue weighted by Crippen LogP contribution is -2.18. The van der Waals surface area contributed by atoms with Gasteiger partial charge in [-0.25, -0.2) is 9.97 Å². The summed E-state index contributed by atoms with van der Waals surface area (Å²) < 4.78 is 0. The van der Waals surface area contributed by atoms with E-state index in [1.165, 1.54) is 6.42 Å². The Morgan fingerprint density at radius 3 is 2.39 bits per heavy atom. The van der Waals surface area contributed by atoms with Crippen molar-refractivity contribution in [3.05, 3.63) is 11.9 Å². The van der Waals surface area contributed by atoms with Gasteiger partial charge in [0.05, 0.1) is 0 Å². The topological polar surface area (TPSA) is 49.8 Å². The molecular weight excluding hydrogens is 224 g/mol. The monoisotopic (exact) mass is 250 g/mol. The highest BCUT2D eigenvalue weighted by Crippen LogP contribution is 2.19. The van der Waals surface area contributed by atoms with E-state index in [0.717, 1.165) is 36.1 Å². The first-order chi connectivity index (χ1) is 8.54. The second-order valence-corrected chi connectivity index (χ2v) is 5.24. The van der Waals surface area contributed by atoms with E-state index in [9.17, 15) is 0 Å². The highest BCUT2D eigenvalue weighted by molar-refractivity contribution is 5.56. The van der Waals surface area contributed by atoms with Gasteiger partial charge in [0.2, 0.25) is 0 Å². The minimum Gasteiger partial charge on any atom is -0.370 e. The molecule has 2 N–H and O–H groups in total. The molecule has 1 rings (SSSR count). The van der Waals surface area contributed by atoms with Crippen LogP contribution in [0.3, 0.4) is 0 Å². The molecule has 0 saturated heterocycles. The molecule has 0 aromatic carbocycles. The number of anilines is 2. The zero-order chi connectivity index (χ0) is 13.5. The molecule has 0 saturated carbocycles. The Morgan fingerprint density at radius 2 is 1.78 bits per heavy atom. The molecular formula is C14H26N4. The predicted molar refractivity (Wildman–Crippen MR) is 78.1 cm³/mol. The lowest BCUT2D eigenvalue weighted by Gasteiger charge is -2.18. The maximum absolute atomic E-state index is 4.33. The Hall–Kier alpha value is -1.32. The van der Waals surface area contributed by atoms with E-state index in [1.807, 2.05) is 0 Å². The Balaban J connectivity index is 2.63. The van der Waals surface area contributed by atoms with Crippen LogP contribution in [0.2, 0.25) is 0 Å². The highest BCUT2D eigenvalue weighted by Gasteiger charge is 2.09. The van der Waals surface area contributed by atoms with Crippen molar-refractivity contribution in [2.75, 3.05) is 17.2 Å². The van der Waals surface area contributed by atoms with E-state index in [0.29, 0.717) is 6.04 Å². The number of aromatic nitrogens is 2. The summed E-state index contributed by atoms with van der Waals surface area (Å²) in [5.41, 5.74) is 1.09. The summed E-state index contributed by atoms with van der Waals surface area (Å²) in [6.45, 7) is 11.7. The SMILES string of the molecule is CCNc1ncnc(NC(C)CCC(C)C)c1C. The lowest BCUT2D eigenvalue weighted by molar-refractivity contribution is 0.527. The predicted octanol–water partition coefficient (Wildman–Crippen LogP) is 3.45. The van der Waals surface area contributed by atoms with E-state index < -0.39 is 0 Å². The van der Waals surface area contributed by atoms with Crippen LogP contribution in [0, 0.1) is 12.8 Å². The van der Waals surface area contributed by atoms with Crippen molar-refractivity contribution in [1.29, 1.82) is 0 Å². The van der Waals surface area contributed by atoms with Crippen molar-refractivity contribution >= 4 is 11.6 Å². The van der Waals surface area contributed by atoms with Gasteiger partial charge in [-0.05, 0) is 39.5 Å². The molecule has 4 nitrogen and oxygen atoms in total.